The van der Waals surface area contributed by atoms with Gasteiger partial charge in [0.25, 0.3) is 0 Å². The van der Waals surface area contributed by atoms with E-state index >= 15 is 0 Å². The van der Waals surface area contributed by atoms with E-state index < -0.39 is 0 Å². The molecule has 1 N–H and O–H groups in total. The van der Waals surface area contributed by atoms with Gasteiger partial charge in [0, 0.05) is 18.5 Å². The van der Waals surface area contributed by atoms with Crippen molar-refractivity contribution in [2.75, 3.05) is 6.54 Å². The van der Waals surface area contributed by atoms with Crippen molar-refractivity contribution >= 4 is 0 Å². The Kier molecular flexibility index (Phi) is 4.11. The third-order valence-corrected chi connectivity index (χ3v) is 2.50. The van der Waals surface area contributed by atoms with E-state index in [1.54, 1.807) is 12.1 Å². The summed E-state index contributed by atoms with van der Waals surface area (Å²) >= 11 is 0. The van der Waals surface area contributed by atoms with Crippen LogP contribution in [0, 0.1) is 17.1 Å². The zero-order chi connectivity index (χ0) is 12.8. The van der Waals surface area contributed by atoms with Crippen LogP contribution in [-0.2, 0) is 6.54 Å². The van der Waals surface area contributed by atoms with E-state index in [0.29, 0.717) is 25.3 Å². The molecule has 1 aromatic carbocycles. The number of hydrogen-bond donors (Lipinski definition) is 1. The SMILES string of the molecule is N#CCCNCc1ccc(-c2ccc(F)cc2)o1. The number of nitriles is 1. The van der Waals surface area contributed by atoms with Gasteiger partial charge in [-0.15, -0.1) is 0 Å². The maximum Gasteiger partial charge on any atom is 0.134 e. The molecule has 2 rings (SSSR count). The zero-order valence-corrected chi connectivity index (χ0v) is 9.82. The van der Waals surface area contributed by atoms with Gasteiger partial charge in [0.2, 0.25) is 0 Å². The van der Waals surface area contributed by atoms with E-state index in [2.05, 4.69) is 11.4 Å². The highest BCUT2D eigenvalue weighted by Gasteiger charge is 2.04. The normalized spacial score (nSPS) is 10.2. The second kappa shape index (κ2) is 5.99. The van der Waals surface area contributed by atoms with Crippen LogP contribution in [0.15, 0.2) is 40.8 Å². The van der Waals surface area contributed by atoms with Gasteiger partial charge in [-0.05, 0) is 36.4 Å². The van der Waals surface area contributed by atoms with Crippen molar-refractivity contribution in [2.45, 2.75) is 13.0 Å². The first kappa shape index (κ1) is 12.3. The smallest absolute Gasteiger partial charge is 0.134 e. The molecule has 0 spiro atoms. The molecule has 0 unspecified atom stereocenters. The predicted molar refractivity (Wildman–Crippen MR) is 66.0 cm³/mol. The molecular formula is C14H13FN2O. The first-order chi connectivity index (χ1) is 8.79. The van der Waals surface area contributed by atoms with Crippen LogP contribution in [-0.4, -0.2) is 6.54 Å². The number of halogens is 1. The lowest BCUT2D eigenvalue weighted by Gasteiger charge is -1.99. The number of rotatable bonds is 5. The average Bonchev–Trinajstić information content (AvgIpc) is 2.84. The summed E-state index contributed by atoms with van der Waals surface area (Å²) in [6.07, 6.45) is 0.478. The van der Waals surface area contributed by atoms with Gasteiger partial charge in [0.05, 0.1) is 12.6 Å². The van der Waals surface area contributed by atoms with Crippen molar-refractivity contribution in [3.8, 4) is 17.4 Å². The van der Waals surface area contributed by atoms with Gasteiger partial charge in [-0.2, -0.15) is 5.26 Å². The van der Waals surface area contributed by atoms with Gasteiger partial charge in [-0.25, -0.2) is 4.39 Å². The molecule has 0 saturated heterocycles. The molecule has 0 fully saturated rings. The van der Waals surface area contributed by atoms with Crippen molar-refractivity contribution in [1.29, 1.82) is 5.26 Å². The van der Waals surface area contributed by atoms with Gasteiger partial charge in [0.1, 0.15) is 17.3 Å². The maximum absolute atomic E-state index is 12.8. The van der Waals surface area contributed by atoms with Crippen molar-refractivity contribution in [2.24, 2.45) is 0 Å². The molecule has 1 heterocycles. The Labute approximate surface area is 105 Å². The monoisotopic (exact) mass is 244 g/mol. The lowest BCUT2D eigenvalue weighted by Crippen LogP contribution is -2.13. The van der Waals surface area contributed by atoms with E-state index in [1.807, 2.05) is 12.1 Å². The third kappa shape index (κ3) is 3.19. The highest BCUT2D eigenvalue weighted by atomic mass is 19.1. The topological polar surface area (TPSA) is 49.0 Å². The van der Waals surface area contributed by atoms with Crippen LogP contribution in [0.25, 0.3) is 11.3 Å². The van der Waals surface area contributed by atoms with E-state index in [1.165, 1.54) is 12.1 Å². The summed E-state index contributed by atoms with van der Waals surface area (Å²) in [6.45, 7) is 1.23. The molecule has 4 heteroatoms. The molecule has 0 atom stereocenters. The minimum Gasteiger partial charge on any atom is -0.460 e. The Morgan fingerprint density at radius 2 is 1.94 bits per heavy atom. The van der Waals surface area contributed by atoms with Crippen LogP contribution in [0.1, 0.15) is 12.2 Å². The predicted octanol–water partition coefficient (Wildman–Crippen LogP) is 3.09. The third-order valence-electron chi connectivity index (χ3n) is 2.50. The molecule has 0 saturated carbocycles. The van der Waals surface area contributed by atoms with Crippen LogP contribution in [0.5, 0.6) is 0 Å². The molecule has 0 bridgehead atoms. The zero-order valence-electron chi connectivity index (χ0n) is 9.82. The summed E-state index contributed by atoms with van der Waals surface area (Å²) < 4.78 is 18.4. The molecular weight excluding hydrogens is 231 g/mol. The lowest BCUT2D eigenvalue weighted by molar-refractivity contribution is 0.496. The fraction of sp³-hybridized carbons (Fsp3) is 0.214. The Hall–Kier alpha value is -2.12. The molecule has 2 aromatic rings. The van der Waals surface area contributed by atoms with Gasteiger partial charge in [0.15, 0.2) is 0 Å². The minimum absolute atomic E-state index is 0.260. The summed E-state index contributed by atoms with van der Waals surface area (Å²) in [5.74, 6) is 1.25. The molecule has 0 radical (unpaired) electrons. The van der Waals surface area contributed by atoms with Crippen molar-refractivity contribution in [3.05, 3.63) is 48.0 Å². The first-order valence-corrected chi connectivity index (χ1v) is 5.72. The number of nitrogens with zero attached hydrogens (tertiary/aromatic N) is 1. The number of furan rings is 1. The molecule has 92 valence electrons. The van der Waals surface area contributed by atoms with Crippen LogP contribution < -0.4 is 5.32 Å². The summed E-state index contributed by atoms with van der Waals surface area (Å²) in [6, 6.07) is 12.0. The fourth-order valence-electron chi connectivity index (χ4n) is 1.60. The average molecular weight is 244 g/mol. The summed E-state index contributed by atoms with van der Waals surface area (Å²) in [4.78, 5) is 0. The van der Waals surface area contributed by atoms with Gasteiger partial charge < -0.3 is 9.73 Å². The molecule has 3 nitrogen and oxygen atoms in total. The molecule has 0 aliphatic carbocycles. The van der Waals surface area contributed by atoms with E-state index in [4.69, 9.17) is 9.68 Å². The Balaban J connectivity index is 1.97. The lowest BCUT2D eigenvalue weighted by atomic mass is 10.2. The van der Waals surface area contributed by atoms with Gasteiger partial charge in [-0.3, -0.25) is 0 Å². The molecule has 0 amide bonds. The number of hydrogen-bond acceptors (Lipinski definition) is 3. The van der Waals surface area contributed by atoms with E-state index in [0.717, 1.165) is 11.3 Å². The molecule has 0 aliphatic rings. The van der Waals surface area contributed by atoms with Crippen molar-refractivity contribution < 1.29 is 8.81 Å². The summed E-state index contributed by atoms with van der Waals surface area (Å²) in [7, 11) is 0. The quantitative estimate of drug-likeness (QED) is 0.822. The highest BCUT2D eigenvalue weighted by Crippen LogP contribution is 2.22. The van der Waals surface area contributed by atoms with Crippen LogP contribution in [0.3, 0.4) is 0 Å². The molecule has 0 aliphatic heterocycles. The first-order valence-electron chi connectivity index (χ1n) is 5.72. The minimum atomic E-state index is -0.260. The standard InChI is InChI=1S/C14H13FN2O/c15-12-4-2-11(3-5-12)14-7-6-13(18-14)10-17-9-1-8-16/h2-7,17H,1,9-10H2. The molecule has 1 aromatic heterocycles. The van der Waals surface area contributed by atoms with E-state index in [9.17, 15) is 4.39 Å². The van der Waals surface area contributed by atoms with Gasteiger partial charge >= 0.3 is 0 Å². The molecule has 18 heavy (non-hydrogen) atoms. The van der Waals surface area contributed by atoms with Crippen molar-refractivity contribution in [3.63, 3.8) is 0 Å². The van der Waals surface area contributed by atoms with Crippen LogP contribution in [0.2, 0.25) is 0 Å². The second-order valence-corrected chi connectivity index (χ2v) is 3.86. The number of benzene rings is 1. The maximum atomic E-state index is 12.8. The van der Waals surface area contributed by atoms with Crippen LogP contribution >= 0.6 is 0 Å². The fourth-order valence-corrected chi connectivity index (χ4v) is 1.60. The van der Waals surface area contributed by atoms with E-state index in [-0.39, 0.29) is 5.82 Å². The van der Waals surface area contributed by atoms with Crippen LogP contribution in [0.4, 0.5) is 4.39 Å². The number of nitrogens with one attached hydrogen (secondary N) is 1. The summed E-state index contributed by atoms with van der Waals surface area (Å²) in [5, 5.41) is 11.5. The largest absolute Gasteiger partial charge is 0.460 e. The Morgan fingerprint density at radius 1 is 1.17 bits per heavy atom. The summed E-state index contributed by atoms with van der Waals surface area (Å²) in [5.41, 5.74) is 0.847. The van der Waals surface area contributed by atoms with Gasteiger partial charge in [-0.1, -0.05) is 0 Å². The second-order valence-electron chi connectivity index (χ2n) is 3.86. The Bertz CT molecular complexity index is 540. The Morgan fingerprint density at radius 3 is 2.67 bits per heavy atom. The highest BCUT2D eigenvalue weighted by molar-refractivity contribution is 5.57. The van der Waals surface area contributed by atoms with Crippen molar-refractivity contribution in [1.82, 2.24) is 5.32 Å².